The molecule has 1 amide bonds. The van der Waals surface area contributed by atoms with Crippen molar-refractivity contribution in [1.82, 2.24) is 4.98 Å². The molecular formula is C17H13ClN2O2S3. The largest absolute Gasteiger partial charge is 0.326 e. The normalized spacial score (nSPS) is 10.6. The number of halogens is 1. The monoisotopic (exact) mass is 408 g/mol. The third kappa shape index (κ3) is 5.40. The molecule has 3 aromatic rings. The molecule has 1 N–H and O–H groups in total. The van der Waals surface area contributed by atoms with Gasteiger partial charge in [0.25, 0.3) is 0 Å². The Morgan fingerprint density at radius 2 is 1.96 bits per heavy atom. The predicted octanol–water partition coefficient (Wildman–Crippen LogP) is 5.01. The van der Waals surface area contributed by atoms with Crippen LogP contribution in [0.25, 0.3) is 0 Å². The first-order valence-electron chi connectivity index (χ1n) is 7.29. The average molecular weight is 409 g/mol. The van der Waals surface area contributed by atoms with Crippen LogP contribution in [0, 0.1) is 0 Å². The highest BCUT2D eigenvalue weighted by atomic mass is 35.5. The number of nitrogens with zero attached hydrogens (tertiary/aromatic N) is 1. The fourth-order valence-corrected chi connectivity index (χ4v) is 4.58. The Balaban J connectivity index is 1.50. The lowest BCUT2D eigenvalue weighted by molar-refractivity contribution is -0.115. The molecule has 2 heterocycles. The van der Waals surface area contributed by atoms with Crippen molar-refractivity contribution in [3.63, 3.8) is 0 Å². The standard InChI is InChI=1S/C17H13ClN2O2S3/c18-11-3-5-12(6-4-11)19-16(22)8-13-9-24-17(20-13)25-10-14(21)15-2-1-7-23-15/h1-7,9H,8,10H2,(H,19,22). The van der Waals surface area contributed by atoms with Gasteiger partial charge >= 0.3 is 0 Å². The molecule has 0 fully saturated rings. The maximum Gasteiger partial charge on any atom is 0.230 e. The lowest BCUT2D eigenvalue weighted by Gasteiger charge is -2.03. The molecule has 1 aromatic carbocycles. The van der Waals surface area contributed by atoms with Gasteiger partial charge in [-0.3, -0.25) is 9.59 Å². The summed E-state index contributed by atoms with van der Waals surface area (Å²) in [4.78, 5) is 29.2. The maximum atomic E-state index is 12.1. The highest BCUT2D eigenvalue weighted by Crippen LogP contribution is 2.25. The number of amides is 1. The summed E-state index contributed by atoms with van der Waals surface area (Å²) in [7, 11) is 0. The number of carbonyl (C=O) groups is 2. The summed E-state index contributed by atoms with van der Waals surface area (Å²) >= 11 is 10.1. The molecule has 0 spiro atoms. The maximum absolute atomic E-state index is 12.1. The Morgan fingerprint density at radius 1 is 1.16 bits per heavy atom. The van der Waals surface area contributed by atoms with Crippen molar-refractivity contribution in [2.75, 3.05) is 11.1 Å². The molecule has 0 saturated carbocycles. The van der Waals surface area contributed by atoms with E-state index in [9.17, 15) is 9.59 Å². The van der Waals surface area contributed by atoms with Crippen LogP contribution in [0.1, 0.15) is 15.4 Å². The molecule has 0 unspecified atom stereocenters. The van der Waals surface area contributed by atoms with Gasteiger partial charge in [-0.05, 0) is 35.7 Å². The highest BCUT2D eigenvalue weighted by Gasteiger charge is 2.11. The third-order valence-electron chi connectivity index (χ3n) is 3.12. The van der Waals surface area contributed by atoms with E-state index in [0.29, 0.717) is 22.2 Å². The molecule has 128 valence electrons. The molecule has 8 heteroatoms. The number of Topliss-reactive ketones (excluding diaryl/α,β-unsaturated/α-hetero) is 1. The fourth-order valence-electron chi connectivity index (χ4n) is 1.97. The minimum Gasteiger partial charge on any atom is -0.326 e. The zero-order chi connectivity index (χ0) is 17.6. The number of carbonyl (C=O) groups excluding carboxylic acids is 2. The van der Waals surface area contributed by atoms with Crippen LogP contribution < -0.4 is 5.32 Å². The first-order valence-corrected chi connectivity index (χ1v) is 10.4. The zero-order valence-electron chi connectivity index (χ0n) is 12.9. The molecule has 0 saturated heterocycles. The number of ketones is 1. The van der Waals surface area contributed by atoms with E-state index in [2.05, 4.69) is 10.3 Å². The van der Waals surface area contributed by atoms with E-state index >= 15 is 0 Å². The molecule has 2 aromatic heterocycles. The average Bonchev–Trinajstić information content (AvgIpc) is 3.26. The minimum atomic E-state index is -0.140. The van der Waals surface area contributed by atoms with Crippen molar-refractivity contribution in [2.24, 2.45) is 0 Å². The van der Waals surface area contributed by atoms with Crippen LogP contribution >= 0.6 is 46.0 Å². The van der Waals surface area contributed by atoms with Crippen molar-refractivity contribution in [3.05, 3.63) is 62.8 Å². The van der Waals surface area contributed by atoms with Crippen LogP contribution in [0.2, 0.25) is 5.02 Å². The van der Waals surface area contributed by atoms with E-state index < -0.39 is 0 Å². The smallest absolute Gasteiger partial charge is 0.230 e. The van der Waals surface area contributed by atoms with Crippen molar-refractivity contribution in [1.29, 1.82) is 0 Å². The lowest BCUT2D eigenvalue weighted by atomic mass is 10.3. The first kappa shape index (κ1) is 18.1. The quantitative estimate of drug-likeness (QED) is 0.440. The third-order valence-corrected chi connectivity index (χ3v) is 6.36. The van der Waals surface area contributed by atoms with Crippen molar-refractivity contribution < 1.29 is 9.59 Å². The molecular weight excluding hydrogens is 396 g/mol. The van der Waals surface area contributed by atoms with Crippen LogP contribution in [0.15, 0.2) is 51.5 Å². The number of rotatable bonds is 7. The molecule has 0 aliphatic carbocycles. The second-order valence-corrected chi connectivity index (χ2v) is 8.49. The van der Waals surface area contributed by atoms with E-state index in [-0.39, 0.29) is 18.1 Å². The van der Waals surface area contributed by atoms with Gasteiger partial charge in [0.15, 0.2) is 10.1 Å². The molecule has 4 nitrogen and oxygen atoms in total. The Kier molecular flexibility index (Phi) is 6.25. The number of hydrogen-bond donors (Lipinski definition) is 1. The molecule has 25 heavy (non-hydrogen) atoms. The van der Waals surface area contributed by atoms with Crippen LogP contribution in [-0.4, -0.2) is 22.4 Å². The Bertz CT molecular complexity index is 860. The Morgan fingerprint density at radius 3 is 2.68 bits per heavy atom. The topological polar surface area (TPSA) is 59.1 Å². The number of nitrogens with one attached hydrogen (secondary N) is 1. The summed E-state index contributed by atoms with van der Waals surface area (Å²) in [5.41, 5.74) is 1.39. The summed E-state index contributed by atoms with van der Waals surface area (Å²) in [5, 5.41) is 7.16. The van der Waals surface area contributed by atoms with Gasteiger partial charge in [-0.1, -0.05) is 29.4 Å². The van der Waals surface area contributed by atoms with Gasteiger partial charge < -0.3 is 5.32 Å². The number of benzene rings is 1. The van der Waals surface area contributed by atoms with Crippen LogP contribution in [0.4, 0.5) is 5.69 Å². The summed E-state index contributed by atoms with van der Waals surface area (Å²) in [6, 6.07) is 10.6. The second-order valence-electron chi connectivity index (χ2n) is 5.03. The van der Waals surface area contributed by atoms with Crippen LogP contribution in [-0.2, 0) is 11.2 Å². The molecule has 0 atom stereocenters. The lowest BCUT2D eigenvalue weighted by Crippen LogP contribution is -2.14. The van der Waals surface area contributed by atoms with Crippen molar-refractivity contribution >= 4 is 63.4 Å². The highest BCUT2D eigenvalue weighted by molar-refractivity contribution is 8.01. The van der Waals surface area contributed by atoms with Gasteiger partial charge in [-0.25, -0.2) is 4.98 Å². The summed E-state index contributed by atoms with van der Waals surface area (Å²) < 4.78 is 0.791. The predicted molar refractivity (Wildman–Crippen MR) is 105 cm³/mol. The van der Waals surface area contributed by atoms with E-state index in [4.69, 9.17) is 11.6 Å². The van der Waals surface area contributed by atoms with Gasteiger partial charge in [0.05, 0.1) is 22.7 Å². The number of anilines is 1. The number of thioether (sulfide) groups is 1. The van der Waals surface area contributed by atoms with Crippen molar-refractivity contribution in [3.8, 4) is 0 Å². The van der Waals surface area contributed by atoms with E-state index in [0.717, 1.165) is 9.22 Å². The van der Waals surface area contributed by atoms with Gasteiger partial charge in [0, 0.05) is 16.1 Å². The first-order chi connectivity index (χ1) is 12.1. The Hall–Kier alpha value is -1.67. The molecule has 0 radical (unpaired) electrons. The fraction of sp³-hybridized carbons (Fsp3) is 0.118. The Labute approximate surface area is 162 Å². The van der Waals surface area contributed by atoms with Crippen LogP contribution in [0.5, 0.6) is 0 Å². The van der Waals surface area contributed by atoms with Crippen LogP contribution in [0.3, 0.4) is 0 Å². The second kappa shape index (κ2) is 8.62. The minimum absolute atomic E-state index is 0.0947. The summed E-state index contributed by atoms with van der Waals surface area (Å²) in [6.45, 7) is 0. The zero-order valence-corrected chi connectivity index (χ0v) is 16.1. The molecule has 0 aliphatic rings. The number of thiazole rings is 1. The van der Waals surface area contributed by atoms with Gasteiger partial charge in [0.1, 0.15) is 0 Å². The van der Waals surface area contributed by atoms with Gasteiger partial charge in [-0.15, -0.1) is 22.7 Å². The molecule has 0 aliphatic heterocycles. The molecule has 3 rings (SSSR count). The van der Waals surface area contributed by atoms with Crippen molar-refractivity contribution in [2.45, 2.75) is 10.8 Å². The van der Waals surface area contributed by atoms with E-state index in [1.54, 1.807) is 24.3 Å². The summed E-state index contributed by atoms with van der Waals surface area (Å²) in [5.74, 6) is 0.306. The van der Waals surface area contributed by atoms with Gasteiger partial charge in [0.2, 0.25) is 5.91 Å². The van der Waals surface area contributed by atoms with E-state index in [1.807, 2.05) is 22.9 Å². The summed E-state index contributed by atoms with van der Waals surface area (Å²) in [6.07, 6.45) is 0.193. The SMILES string of the molecule is O=C(Cc1csc(SCC(=O)c2cccs2)n1)Nc1ccc(Cl)cc1. The number of aromatic nitrogens is 1. The van der Waals surface area contributed by atoms with E-state index in [1.165, 1.54) is 34.4 Å². The number of hydrogen-bond acceptors (Lipinski definition) is 6. The van der Waals surface area contributed by atoms with Gasteiger partial charge in [-0.2, -0.15) is 0 Å². The molecule has 0 bridgehead atoms. The number of thiophene rings is 1.